The molecule has 0 fully saturated rings. The third-order valence-corrected chi connectivity index (χ3v) is 52.4. The van der Waals surface area contributed by atoms with E-state index >= 15 is 0 Å². The average molecular weight is 1900 g/mol. The average Bonchev–Trinajstić information content (AvgIpc) is 0.908. The topological polar surface area (TPSA) is 86.5 Å². The number of para-hydroxylation sites is 5. The summed E-state index contributed by atoms with van der Waals surface area (Å²) in [5.41, 5.74) is 23.8. The van der Waals surface area contributed by atoms with Gasteiger partial charge in [-0.3, -0.25) is 17.6 Å². The Morgan fingerprint density at radius 1 is 0.220 bits per heavy atom. The van der Waals surface area contributed by atoms with Crippen LogP contribution in [0.15, 0.2) is 435 Å². The number of rotatable bonds is 6. The second-order valence-corrected chi connectivity index (χ2v) is 58.3. The molecular formula is C126H100N10S2Si3. The summed E-state index contributed by atoms with van der Waals surface area (Å²) in [5.74, 6) is 0. The molecule has 0 atom stereocenters. The van der Waals surface area contributed by atoms with E-state index in [9.17, 15) is 0 Å². The molecule has 16 aromatic carbocycles. The van der Waals surface area contributed by atoms with E-state index < -0.39 is 24.2 Å². The Morgan fingerprint density at radius 3 is 0.986 bits per heavy atom. The van der Waals surface area contributed by atoms with Crippen LogP contribution < -0.4 is 26.1 Å². The Hall–Kier alpha value is -15.1. The standard InChI is InChI=1S/C30H24N2Si.2C28H18N2S.2C20H20N2Si/c1-30(2)27-20-31-29-25-17-10-9-16-23(25)24-18-11-19-26(28(24)32(27)29)33(30,21-12-5-3-6-13-21)22-14-7-4-8-15-22;1-3-10-19(11-4-1)28(20-12-5-2-6-13-20)25-18-29-27-23-15-8-7-14-21(23)22-16-9-17-24(31-28)26(22)30(25)27;1-3-10-19(11-4-1)28(20-12-5-2-6-13-20)24-17-9-16-22-21-14-7-8-15-23(21)27-29-18-25(31-28)30(27)26(22)24;1-20(2)17-12-21-19-15-9-6-5-8-13(15)14-10-7-11-16(23(20,3)4)18(14)22(17)19;1-20(2)16-11-7-10-14-13-8-5-6-9-15(13)19-21-12-17(23(20,3)4)22(19)18(14)16/h3-20H,1-2H3;2*1-18H;2*5-12H,1-4H3. The van der Waals surface area contributed by atoms with Crippen molar-refractivity contribution in [1.29, 1.82) is 0 Å². The first-order valence-corrected chi connectivity index (χ1v) is 58.7. The van der Waals surface area contributed by atoms with Gasteiger partial charge < -0.3 is 4.40 Å². The van der Waals surface area contributed by atoms with E-state index in [-0.39, 0.29) is 24.6 Å². The molecule has 141 heavy (non-hydrogen) atoms. The first-order valence-electron chi connectivity index (χ1n) is 49.1. The third-order valence-electron chi connectivity index (χ3n) is 33.5. The van der Waals surface area contributed by atoms with Crippen LogP contribution >= 0.6 is 23.5 Å². The molecule has 0 spiro atoms. The third kappa shape index (κ3) is 11.6. The van der Waals surface area contributed by atoms with Crippen molar-refractivity contribution < 1.29 is 0 Å². The highest BCUT2D eigenvalue weighted by Gasteiger charge is 2.58. The molecule has 0 radical (unpaired) electrons. The Kier molecular flexibility index (Phi) is 18.8. The van der Waals surface area contributed by atoms with Crippen LogP contribution in [0.25, 0.3) is 137 Å². The Balaban J connectivity index is 0.0000000890. The number of hydrogen-bond donors (Lipinski definition) is 0. The molecule has 0 bridgehead atoms. The largest absolute Gasteiger partial charge is 0.300 e. The van der Waals surface area contributed by atoms with Crippen molar-refractivity contribution in [3.8, 4) is 0 Å². The van der Waals surface area contributed by atoms with Crippen molar-refractivity contribution in [2.24, 2.45) is 0 Å². The number of benzene rings is 16. The van der Waals surface area contributed by atoms with E-state index in [0.717, 1.165) is 28.2 Å². The lowest BCUT2D eigenvalue weighted by atomic mass is 9.82. The zero-order valence-corrected chi connectivity index (χ0v) is 84.8. The minimum absolute atomic E-state index is 0.112. The fourth-order valence-electron chi connectivity index (χ4n) is 25.4. The lowest BCUT2D eigenvalue weighted by Gasteiger charge is -2.49. The summed E-state index contributed by atoms with van der Waals surface area (Å²) in [6.45, 7) is 24.5. The van der Waals surface area contributed by atoms with Gasteiger partial charge in [0.25, 0.3) is 0 Å². The Bertz CT molecular complexity index is 9390. The van der Waals surface area contributed by atoms with Crippen molar-refractivity contribution >= 4 is 210 Å². The van der Waals surface area contributed by atoms with Gasteiger partial charge in [-0.05, 0) is 86.6 Å². The van der Waals surface area contributed by atoms with Crippen LogP contribution in [0.5, 0.6) is 0 Å². The number of aromatic nitrogens is 10. The van der Waals surface area contributed by atoms with Crippen molar-refractivity contribution in [2.45, 2.75) is 102 Å². The van der Waals surface area contributed by atoms with Gasteiger partial charge in [0.15, 0.2) is 8.07 Å². The van der Waals surface area contributed by atoms with Gasteiger partial charge in [-0.1, -0.05) is 468 Å². The summed E-state index contributed by atoms with van der Waals surface area (Å²) in [5, 5.41) is 27.9. The van der Waals surface area contributed by atoms with Gasteiger partial charge in [-0.25, -0.2) is 24.9 Å². The van der Waals surface area contributed by atoms with Crippen LogP contribution in [-0.2, 0) is 24.6 Å². The molecule has 0 aliphatic carbocycles. The molecule has 15 heteroatoms. The van der Waals surface area contributed by atoms with E-state index in [1.165, 1.54) is 190 Å². The highest BCUT2D eigenvalue weighted by Crippen LogP contribution is 2.60. The van der Waals surface area contributed by atoms with Gasteiger partial charge in [0.05, 0.1) is 58.5 Å². The maximum Gasteiger partial charge on any atom is 0.162 e. The van der Waals surface area contributed by atoms with Crippen LogP contribution in [0.1, 0.15) is 92.0 Å². The zero-order valence-electron chi connectivity index (χ0n) is 80.2. The molecule has 5 aliphatic heterocycles. The minimum atomic E-state index is -2.50. The summed E-state index contributed by atoms with van der Waals surface area (Å²) < 4.78 is 11.4. The smallest absolute Gasteiger partial charge is 0.162 e. The molecule has 0 saturated carbocycles. The molecule has 31 rings (SSSR count). The van der Waals surface area contributed by atoms with Crippen molar-refractivity contribution in [1.82, 2.24) is 46.9 Å². The first kappa shape index (κ1) is 85.1. The molecule has 0 unspecified atom stereocenters. The molecule has 0 N–H and O–H groups in total. The quantitative estimate of drug-likeness (QED) is 0.121. The predicted octanol–water partition coefficient (Wildman–Crippen LogP) is 27.8. The summed E-state index contributed by atoms with van der Waals surface area (Å²) in [4.78, 5) is 25.9. The van der Waals surface area contributed by atoms with Crippen LogP contribution in [0.4, 0.5) is 0 Å². The number of nitrogens with zero attached hydrogens (tertiary/aromatic N) is 10. The molecule has 678 valence electrons. The number of thioether (sulfide) groups is 2. The maximum atomic E-state index is 5.03. The SMILES string of the molecule is CC1(C)c2cccc3c4ccccc4c4ncc(n4c23)[Si]1(C)C.CC1(C)c2cnc3c4ccccc4c4cccc(c4n23)[Si]1(C)C.CC1(C)c2cnc3c4ccccc4c4cccc(c4n23)[Si]1(c1ccccc1)c1ccccc1.c1ccc(C2(c3ccccc3)Sc3cccc4c5ccccc5c5ncc2n5c34)cc1.c1ccc(C2(c3ccccc3)Sc3cnc4c5ccccc5c5cccc2c5n34)cc1. The number of fused-ring (bicyclic) bond motifs is 15. The fourth-order valence-corrected chi connectivity index (χ4v) is 39.9. The monoisotopic (exact) mass is 1900 g/mol. The summed E-state index contributed by atoms with van der Waals surface area (Å²) in [6, 6.07) is 143. The second-order valence-electron chi connectivity index (χ2n) is 41.3. The number of imidazole rings is 5. The normalized spacial score (nSPS) is 16.1. The second kappa shape index (κ2) is 31.2. The molecule has 10 nitrogen and oxygen atoms in total. The Morgan fingerprint density at radius 2 is 0.532 bits per heavy atom. The lowest BCUT2D eigenvalue weighted by molar-refractivity contribution is 0.686. The zero-order chi connectivity index (χ0) is 95.0. The van der Waals surface area contributed by atoms with Crippen molar-refractivity contribution in [3.63, 3.8) is 0 Å². The van der Waals surface area contributed by atoms with E-state index in [4.69, 9.17) is 24.9 Å². The molecule has 15 heterocycles. The van der Waals surface area contributed by atoms with E-state index in [2.05, 4.69) is 509 Å². The van der Waals surface area contributed by atoms with Gasteiger partial charge in [0, 0.05) is 110 Å². The summed E-state index contributed by atoms with van der Waals surface area (Å²) in [7, 11) is -5.84. The minimum Gasteiger partial charge on any atom is -0.300 e. The van der Waals surface area contributed by atoms with Crippen molar-refractivity contribution in [3.05, 3.63) is 476 Å². The van der Waals surface area contributed by atoms with Gasteiger partial charge in [-0.15, -0.1) is 11.8 Å². The molecule has 5 aliphatic rings. The molecule has 0 amide bonds. The lowest BCUT2D eigenvalue weighted by Crippen LogP contribution is -2.78. The van der Waals surface area contributed by atoms with E-state index in [1.807, 2.05) is 29.7 Å². The van der Waals surface area contributed by atoms with Gasteiger partial charge in [0.2, 0.25) is 0 Å². The summed E-state index contributed by atoms with van der Waals surface area (Å²) in [6.07, 6.45) is 10.5. The molecule has 0 saturated heterocycles. The van der Waals surface area contributed by atoms with Gasteiger partial charge in [-0.2, -0.15) is 0 Å². The highest BCUT2D eigenvalue weighted by atomic mass is 32.2. The maximum absolute atomic E-state index is 5.03. The van der Waals surface area contributed by atoms with Crippen LogP contribution in [0.3, 0.4) is 0 Å². The molecule has 26 aromatic rings. The highest BCUT2D eigenvalue weighted by molar-refractivity contribution is 8.01. The molecular weight excluding hydrogens is 1800 g/mol. The van der Waals surface area contributed by atoms with E-state index in [0.29, 0.717) is 0 Å². The van der Waals surface area contributed by atoms with E-state index in [1.54, 1.807) is 5.19 Å². The number of hydrogen-bond acceptors (Lipinski definition) is 7. The van der Waals surface area contributed by atoms with Crippen LogP contribution in [0, 0.1) is 0 Å². The van der Waals surface area contributed by atoms with Crippen molar-refractivity contribution in [2.75, 3.05) is 0 Å². The van der Waals surface area contributed by atoms with Gasteiger partial charge in [0.1, 0.15) is 46.1 Å². The molecule has 10 aromatic heterocycles. The number of pyridine rings is 5. The predicted molar refractivity (Wildman–Crippen MR) is 599 cm³/mol. The first-order chi connectivity index (χ1) is 68.8. The van der Waals surface area contributed by atoms with Crippen LogP contribution in [0.2, 0.25) is 26.2 Å². The summed E-state index contributed by atoms with van der Waals surface area (Å²) >= 11 is 3.82. The Labute approximate surface area is 828 Å². The fraction of sp³-hybridized carbons (Fsp3) is 0.119. The van der Waals surface area contributed by atoms with Gasteiger partial charge >= 0.3 is 0 Å². The van der Waals surface area contributed by atoms with Crippen LogP contribution in [-0.4, -0.2) is 71.1 Å².